The summed E-state index contributed by atoms with van der Waals surface area (Å²) in [6, 6.07) is 7.62. The number of benzene rings is 1. The van der Waals surface area contributed by atoms with E-state index >= 15 is 0 Å². The molecule has 0 aliphatic rings. The average molecular weight is 352 g/mol. The fourth-order valence-electron chi connectivity index (χ4n) is 1.74. The number of carbonyl (C=O) groups excluding carboxylic acids is 1. The fraction of sp³-hybridized carbons (Fsp3) is 0.214. The maximum absolute atomic E-state index is 11.9. The van der Waals surface area contributed by atoms with Crippen molar-refractivity contribution < 1.29 is 13.2 Å². The van der Waals surface area contributed by atoms with E-state index in [0.717, 1.165) is 11.9 Å². The molecule has 1 heterocycles. The van der Waals surface area contributed by atoms with E-state index in [1.54, 1.807) is 25.1 Å². The van der Waals surface area contributed by atoms with E-state index < -0.39 is 9.84 Å². The number of aryl methyl sites for hydroxylation is 1. The third kappa shape index (κ3) is 5.22. The topological polar surface area (TPSA) is 115 Å². The molecule has 122 valence electrons. The molecule has 7 nitrogen and oxygen atoms in total. The summed E-state index contributed by atoms with van der Waals surface area (Å²) in [5.41, 5.74) is 6.88. The summed E-state index contributed by atoms with van der Waals surface area (Å²) in [6.07, 6.45) is 1.13. The minimum atomic E-state index is -3.25. The molecule has 0 aliphatic carbocycles. The lowest BCUT2D eigenvalue weighted by molar-refractivity contribution is -0.113. The minimum Gasteiger partial charge on any atom is -0.384 e. The van der Waals surface area contributed by atoms with Crippen molar-refractivity contribution in [3.05, 3.63) is 36.0 Å². The molecular formula is C14H16N4O3S2. The van der Waals surface area contributed by atoms with Gasteiger partial charge in [0.25, 0.3) is 0 Å². The highest BCUT2D eigenvalue weighted by Gasteiger charge is 2.09. The Morgan fingerprint density at radius 3 is 2.48 bits per heavy atom. The number of nitrogens with two attached hydrogens (primary N) is 1. The molecule has 9 heteroatoms. The molecule has 0 bridgehead atoms. The van der Waals surface area contributed by atoms with Crippen LogP contribution in [0, 0.1) is 6.92 Å². The van der Waals surface area contributed by atoms with Crippen molar-refractivity contribution in [1.29, 1.82) is 0 Å². The summed E-state index contributed by atoms with van der Waals surface area (Å²) in [4.78, 5) is 20.3. The van der Waals surface area contributed by atoms with Crippen molar-refractivity contribution in [1.82, 2.24) is 9.97 Å². The molecule has 0 saturated carbocycles. The van der Waals surface area contributed by atoms with E-state index in [4.69, 9.17) is 5.73 Å². The number of hydrogen-bond donors (Lipinski definition) is 2. The van der Waals surface area contributed by atoms with Crippen molar-refractivity contribution in [3.63, 3.8) is 0 Å². The number of aromatic nitrogens is 2. The van der Waals surface area contributed by atoms with Gasteiger partial charge < -0.3 is 11.1 Å². The zero-order chi connectivity index (χ0) is 17.0. The van der Waals surface area contributed by atoms with Crippen LogP contribution in [-0.4, -0.2) is 36.3 Å². The Balaban J connectivity index is 1.94. The van der Waals surface area contributed by atoms with Gasteiger partial charge in [0.2, 0.25) is 5.91 Å². The van der Waals surface area contributed by atoms with Crippen LogP contribution in [-0.2, 0) is 14.6 Å². The SMILES string of the molecule is Cc1cc(N)nc(SCC(=O)Nc2ccc(S(C)(=O)=O)cc2)n1. The van der Waals surface area contributed by atoms with E-state index in [1.807, 2.05) is 0 Å². The van der Waals surface area contributed by atoms with Gasteiger partial charge >= 0.3 is 0 Å². The Morgan fingerprint density at radius 1 is 1.26 bits per heavy atom. The first kappa shape index (κ1) is 17.2. The normalized spacial score (nSPS) is 11.2. The van der Waals surface area contributed by atoms with E-state index in [9.17, 15) is 13.2 Å². The molecule has 0 radical (unpaired) electrons. The molecule has 0 spiro atoms. The standard InChI is InChI=1S/C14H16N4O3S2/c1-9-7-12(15)18-14(16-9)22-8-13(19)17-10-3-5-11(6-4-10)23(2,20)21/h3-7H,8H2,1-2H3,(H,17,19)(H2,15,16,18). The van der Waals surface area contributed by atoms with Gasteiger partial charge in [-0.1, -0.05) is 11.8 Å². The molecule has 3 N–H and O–H groups in total. The highest BCUT2D eigenvalue weighted by molar-refractivity contribution is 7.99. The largest absolute Gasteiger partial charge is 0.384 e. The van der Waals surface area contributed by atoms with E-state index in [2.05, 4.69) is 15.3 Å². The van der Waals surface area contributed by atoms with Crippen molar-refractivity contribution in [2.45, 2.75) is 17.0 Å². The second-order valence-electron chi connectivity index (χ2n) is 4.85. The Bertz CT molecular complexity index is 800. The lowest BCUT2D eigenvalue weighted by Crippen LogP contribution is -2.14. The number of sulfone groups is 1. The summed E-state index contributed by atoms with van der Waals surface area (Å²) in [5, 5.41) is 3.11. The van der Waals surface area contributed by atoms with Crippen LogP contribution in [0.4, 0.5) is 11.5 Å². The molecule has 1 amide bonds. The van der Waals surface area contributed by atoms with Gasteiger partial charge in [-0.25, -0.2) is 18.4 Å². The third-order valence-corrected chi connectivity index (χ3v) is 4.73. The van der Waals surface area contributed by atoms with Crippen LogP contribution in [0.25, 0.3) is 0 Å². The number of rotatable bonds is 5. The van der Waals surface area contributed by atoms with E-state index in [0.29, 0.717) is 16.7 Å². The second-order valence-corrected chi connectivity index (χ2v) is 7.81. The summed E-state index contributed by atoms with van der Waals surface area (Å²) in [5.74, 6) is 0.235. The van der Waals surface area contributed by atoms with Crippen molar-refractivity contribution in [3.8, 4) is 0 Å². The molecular weight excluding hydrogens is 336 g/mol. The molecule has 0 fully saturated rings. The predicted octanol–water partition coefficient (Wildman–Crippen LogP) is 1.50. The van der Waals surface area contributed by atoms with Gasteiger partial charge in [0.05, 0.1) is 10.6 Å². The van der Waals surface area contributed by atoms with Crippen LogP contribution in [0.5, 0.6) is 0 Å². The van der Waals surface area contributed by atoms with Crippen LogP contribution >= 0.6 is 11.8 Å². The Morgan fingerprint density at radius 2 is 1.91 bits per heavy atom. The van der Waals surface area contributed by atoms with Crippen LogP contribution < -0.4 is 11.1 Å². The first-order valence-electron chi connectivity index (χ1n) is 6.58. The predicted molar refractivity (Wildman–Crippen MR) is 90.1 cm³/mol. The van der Waals surface area contributed by atoms with Gasteiger partial charge in [-0.05, 0) is 31.2 Å². The maximum atomic E-state index is 11.9. The number of nitrogens with one attached hydrogen (secondary N) is 1. The molecule has 0 unspecified atom stereocenters. The van der Waals surface area contributed by atoms with Crippen LogP contribution in [0.1, 0.15) is 5.69 Å². The Kier molecular flexibility index (Phi) is 5.22. The molecule has 0 atom stereocenters. The monoisotopic (exact) mass is 352 g/mol. The third-order valence-electron chi connectivity index (χ3n) is 2.75. The van der Waals surface area contributed by atoms with Crippen LogP contribution in [0.3, 0.4) is 0 Å². The van der Waals surface area contributed by atoms with Gasteiger partial charge in [-0.2, -0.15) is 0 Å². The van der Waals surface area contributed by atoms with Gasteiger partial charge in [-0.3, -0.25) is 4.79 Å². The number of nitrogens with zero attached hydrogens (tertiary/aromatic N) is 2. The quantitative estimate of drug-likeness (QED) is 0.619. The second kappa shape index (κ2) is 6.97. The number of carbonyl (C=O) groups is 1. The van der Waals surface area contributed by atoms with Crippen LogP contribution in [0.15, 0.2) is 40.4 Å². The fourth-order valence-corrected chi connectivity index (χ4v) is 3.08. The van der Waals surface area contributed by atoms with E-state index in [-0.39, 0.29) is 16.6 Å². The highest BCUT2D eigenvalue weighted by Crippen LogP contribution is 2.17. The van der Waals surface area contributed by atoms with Crippen molar-refractivity contribution >= 4 is 39.0 Å². The number of hydrogen-bond acceptors (Lipinski definition) is 7. The highest BCUT2D eigenvalue weighted by atomic mass is 32.2. The van der Waals surface area contributed by atoms with Crippen molar-refractivity contribution in [2.24, 2.45) is 0 Å². The molecule has 1 aromatic carbocycles. The lowest BCUT2D eigenvalue weighted by Gasteiger charge is -2.06. The van der Waals surface area contributed by atoms with E-state index in [1.165, 1.54) is 23.9 Å². The maximum Gasteiger partial charge on any atom is 0.234 e. The molecule has 2 aromatic rings. The number of nitrogen functional groups attached to an aromatic ring is 1. The molecule has 0 saturated heterocycles. The van der Waals surface area contributed by atoms with Gasteiger partial charge in [0.1, 0.15) is 5.82 Å². The van der Waals surface area contributed by atoms with Crippen LogP contribution in [0.2, 0.25) is 0 Å². The number of amides is 1. The first-order chi connectivity index (χ1) is 10.7. The zero-order valence-electron chi connectivity index (χ0n) is 12.6. The molecule has 1 aromatic heterocycles. The summed E-state index contributed by atoms with van der Waals surface area (Å²) in [6.45, 7) is 1.80. The Labute approximate surface area is 138 Å². The smallest absolute Gasteiger partial charge is 0.234 e. The summed E-state index contributed by atoms with van der Waals surface area (Å²) >= 11 is 1.17. The lowest BCUT2D eigenvalue weighted by atomic mass is 10.3. The summed E-state index contributed by atoms with van der Waals surface area (Å²) < 4.78 is 22.7. The molecule has 2 rings (SSSR count). The Hall–Kier alpha value is -2.13. The molecule has 0 aliphatic heterocycles. The van der Waals surface area contributed by atoms with Gasteiger partial charge in [0.15, 0.2) is 15.0 Å². The minimum absolute atomic E-state index is 0.122. The summed E-state index contributed by atoms with van der Waals surface area (Å²) in [7, 11) is -3.25. The first-order valence-corrected chi connectivity index (χ1v) is 9.46. The van der Waals surface area contributed by atoms with Gasteiger partial charge in [0, 0.05) is 23.7 Å². The van der Waals surface area contributed by atoms with Crippen molar-refractivity contribution in [2.75, 3.05) is 23.1 Å². The number of thioether (sulfide) groups is 1. The number of anilines is 2. The zero-order valence-corrected chi connectivity index (χ0v) is 14.2. The van der Waals surface area contributed by atoms with Gasteiger partial charge in [-0.15, -0.1) is 0 Å². The average Bonchev–Trinajstić information content (AvgIpc) is 2.44. The molecule has 23 heavy (non-hydrogen) atoms.